The normalized spacial score (nSPS) is 34.2. The molecule has 0 saturated carbocycles. The minimum absolute atomic E-state index is 0.254. The zero-order valence-electron chi connectivity index (χ0n) is 11.4. The van der Waals surface area contributed by atoms with Crippen LogP contribution in [0.15, 0.2) is 54.6 Å². The van der Waals surface area contributed by atoms with Crippen molar-refractivity contribution in [3.63, 3.8) is 0 Å². The third-order valence-electron chi connectivity index (χ3n) is 4.23. The van der Waals surface area contributed by atoms with E-state index in [0.717, 1.165) is 19.6 Å². The summed E-state index contributed by atoms with van der Waals surface area (Å²) in [5.41, 5.74) is 0.672. The van der Waals surface area contributed by atoms with Crippen LogP contribution in [0.5, 0.6) is 0 Å². The van der Waals surface area contributed by atoms with Crippen LogP contribution in [0, 0.1) is 11.8 Å². The zero-order valence-corrected chi connectivity index (χ0v) is 11.4. The van der Waals surface area contributed by atoms with Gasteiger partial charge in [0.05, 0.1) is 5.60 Å². The molecule has 0 amide bonds. The molecule has 0 bridgehead atoms. The first kappa shape index (κ1) is 12.6. The lowest BCUT2D eigenvalue weighted by molar-refractivity contribution is -0.0664. The van der Waals surface area contributed by atoms with Gasteiger partial charge in [0.2, 0.25) is 0 Å². The first-order chi connectivity index (χ1) is 9.15. The highest BCUT2D eigenvalue weighted by Gasteiger charge is 2.42. The standard InChI is InChI=1S/C17H21NO/c1-17(19)13-18(11-14-7-3-2-4-8-14)12-15-9-5-6-10-16(15)17/h2-10,15-16,19H,11-13H2,1H3/t15-,16+,17+/m1/s1. The van der Waals surface area contributed by atoms with Crippen molar-refractivity contribution >= 4 is 0 Å². The van der Waals surface area contributed by atoms with Crippen molar-refractivity contribution in [3.05, 3.63) is 60.2 Å². The SMILES string of the molecule is C[C@]1(O)CN(Cc2ccccc2)C[C@H]2C=CC=C[C@@H]21. The molecule has 1 heterocycles. The molecule has 3 atom stereocenters. The number of likely N-dealkylation sites (tertiary alicyclic amines) is 1. The van der Waals surface area contributed by atoms with Crippen LogP contribution < -0.4 is 0 Å². The molecular weight excluding hydrogens is 234 g/mol. The Hall–Kier alpha value is -1.38. The van der Waals surface area contributed by atoms with Gasteiger partial charge in [-0.1, -0.05) is 54.6 Å². The fraction of sp³-hybridized carbons (Fsp3) is 0.412. The second-order valence-corrected chi connectivity index (χ2v) is 5.97. The van der Waals surface area contributed by atoms with E-state index in [9.17, 15) is 5.11 Å². The van der Waals surface area contributed by atoms with Gasteiger partial charge in [0.15, 0.2) is 0 Å². The minimum atomic E-state index is -0.640. The van der Waals surface area contributed by atoms with Gasteiger partial charge in [0.1, 0.15) is 0 Å². The first-order valence-corrected chi connectivity index (χ1v) is 6.99. The van der Waals surface area contributed by atoms with E-state index in [1.54, 1.807) is 0 Å². The Labute approximate surface area is 115 Å². The number of rotatable bonds is 2. The minimum Gasteiger partial charge on any atom is -0.388 e. The van der Waals surface area contributed by atoms with Crippen LogP contribution in [-0.2, 0) is 6.54 Å². The molecule has 0 unspecified atom stereocenters. The molecule has 1 aromatic carbocycles. The Bertz CT molecular complexity index is 489. The van der Waals surface area contributed by atoms with Gasteiger partial charge >= 0.3 is 0 Å². The second kappa shape index (κ2) is 4.95. The second-order valence-electron chi connectivity index (χ2n) is 5.97. The summed E-state index contributed by atoms with van der Waals surface area (Å²) in [5, 5.41) is 10.7. The van der Waals surface area contributed by atoms with Crippen LogP contribution in [0.4, 0.5) is 0 Å². The van der Waals surface area contributed by atoms with Gasteiger partial charge in [-0.15, -0.1) is 0 Å². The number of nitrogens with zero attached hydrogens (tertiary/aromatic N) is 1. The maximum absolute atomic E-state index is 10.7. The third kappa shape index (κ3) is 2.65. The van der Waals surface area contributed by atoms with E-state index in [4.69, 9.17) is 0 Å². The molecule has 1 saturated heterocycles. The molecule has 2 nitrogen and oxygen atoms in total. The van der Waals surface area contributed by atoms with Crippen molar-refractivity contribution in [1.82, 2.24) is 4.90 Å². The molecule has 1 N–H and O–H groups in total. The third-order valence-corrected chi connectivity index (χ3v) is 4.23. The number of aliphatic hydroxyl groups is 1. The number of piperidine rings is 1. The van der Waals surface area contributed by atoms with Crippen molar-refractivity contribution in [2.45, 2.75) is 19.1 Å². The predicted octanol–water partition coefficient (Wildman–Crippen LogP) is 2.61. The molecule has 1 aliphatic carbocycles. The lowest BCUT2D eigenvalue weighted by atomic mass is 9.73. The number of β-amino-alcohol motifs (C(OH)–C–C–N with tert-alkyl or cyclic N) is 1. The summed E-state index contributed by atoms with van der Waals surface area (Å²) < 4.78 is 0. The summed E-state index contributed by atoms with van der Waals surface area (Å²) in [6, 6.07) is 10.5. The van der Waals surface area contributed by atoms with E-state index < -0.39 is 5.60 Å². The van der Waals surface area contributed by atoms with Crippen molar-refractivity contribution in [1.29, 1.82) is 0 Å². The topological polar surface area (TPSA) is 23.5 Å². The van der Waals surface area contributed by atoms with E-state index >= 15 is 0 Å². The molecule has 0 spiro atoms. The Kier molecular flexibility index (Phi) is 3.29. The quantitative estimate of drug-likeness (QED) is 0.878. The molecule has 0 aromatic heterocycles. The van der Waals surface area contributed by atoms with E-state index in [0.29, 0.717) is 5.92 Å². The average Bonchev–Trinajstić information content (AvgIpc) is 2.39. The molecular formula is C17H21NO. The monoisotopic (exact) mass is 255 g/mol. The van der Waals surface area contributed by atoms with Gasteiger partial charge in [-0.3, -0.25) is 4.90 Å². The Balaban J connectivity index is 1.75. The number of hydrogen-bond acceptors (Lipinski definition) is 2. The number of benzene rings is 1. The lowest BCUT2D eigenvalue weighted by Gasteiger charge is -2.46. The average molecular weight is 255 g/mol. The van der Waals surface area contributed by atoms with Crippen molar-refractivity contribution in [3.8, 4) is 0 Å². The molecule has 2 aliphatic rings. The van der Waals surface area contributed by atoms with Crippen molar-refractivity contribution in [2.75, 3.05) is 13.1 Å². The van der Waals surface area contributed by atoms with Crippen LogP contribution in [0.2, 0.25) is 0 Å². The Morgan fingerprint density at radius 3 is 2.74 bits per heavy atom. The van der Waals surface area contributed by atoms with E-state index in [1.165, 1.54) is 5.56 Å². The van der Waals surface area contributed by atoms with Gasteiger partial charge in [0, 0.05) is 25.6 Å². The first-order valence-electron chi connectivity index (χ1n) is 6.99. The summed E-state index contributed by atoms with van der Waals surface area (Å²) in [6.45, 7) is 4.64. The molecule has 3 rings (SSSR count). The highest BCUT2D eigenvalue weighted by atomic mass is 16.3. The van der Waals surface area contributed by atoms with Gasteiger partial charge in [-0.05, 0) is 18.4 Å². The van der Waals surface area contributed by atoms with E-state index in [-0.39, 0.29) is 5.92 Å². The Morgan fingerprint density at radius 1 is 1.21 bits per heavy atom. The summed E-state index contributed by atoms with van der Waals surface area (Å²) in [6.07, 6.45) is 8.55. The number of fused-ring (bicyclic) bond motifs is 1. The van der Waals surface area contributed by atoms with Crippen LogP contribution in [0.1, 0.15) is 12.5 Å². The molecule has 1 aromatic rings. The fourth-order valence-electron chi connectivity index (χ4n) is 3.38. The summed E-state index contributed by atoms with van der Waals surface area (Å²) in [5.74, 6) is 0.682. The highest BCUT2D eigenvalue weighted by Crippen LogP contribution is 2.36. The van der Waals surface area contributed by atoms with E-state index in [1.807, 2.05) is 13.0 Å². The van der Waals surface area contributed by atoms with Gasteiger partial charge in [0.25, 0.3) is 0 Å². The Morgan fingerprint density at radius 2 is 1.95 bits per heavy atom. The van der Waals surface area contributed by atoms with Crippen molar-refractivity contribution < 1.29 is 5.11 Å². The van der Waals surface area contributed by atoms with Gasteiger partial charge in [-0.2, -0.15) is 0 Å². The molecule has 100 valence electrons. The number of hydrogen-bond donors (Lipinski definition) is 1. The molecule has 1 fully saturated rings. The van der Waals surface area contributed by atoms with Crippen LogP contribution in [-0.4, -0.2) is 28.7 Å². The van der Waals surface area contributed by atoms with E-state index in [2.05, 4.69) is 53.5 Å². The fourth-order valence-corrected chi connectivity index (χ4v) is 3.38. The van der Waals surface area contributed by atoms with Gasteiger partial charge < -0.3 is 5.11 Å². The largest absolute Gasteiger partial charge is 0.388 e. The smallest absolute Gasteiger partial charge is 0.0814 e. The molecule has 1 aliphatic heterocycles. The van der Waals surface area contributed by atoms with Crippen LogP contribution in [0.3, 0.4) is 0 Å². The van der Waals surface area contributed by atoms with Gasteiger partial charge in [-0.25, -0.2) is 0 Å². The van der Waals surface area contributed by atoms with Crippen molar-refractivity contribution in [2.24, 2.45) is 11.8 Å². The van der Waals surface area contributed by atoms with Crippen LogP contribution in [0.25, 0.3) is 0 Å². The predicted molar refractivity (Wildman–Crippen MR) is 77.6 cm³/mol. The maximum atomic E-state index is 10.7. The molecule has 19 heavy (non-hydrogen) atoms. The highest BCUT2D eigenvalue weighted by molar-refractivity contribution is 5.21. The molecule has 2 heteroatoms. The summed E-state index contributed by atoms with van der Waals surface area (Å²) in [4.78, 5) is 2.36. The maximum Gasteiger partial charge on any atom is 0.0814 e. The summed E-state index contributed by atoms with van der Waals surface area (Å²) >= 11 is 0. The van der Waals surface area contributed by atoms with Crippen LogP contribution >= 0.6 is 0 Å². The lowest BCUT2D eigenvalue weighted by Crippen LogP contribution is -2.55. The molecule has 0 radical (unpaired) electrons. The summed E-state index contributed by atoms with van der Waals surface area (Å²) in [7, 11) is 0. The zero-order chi connectivity index (χ0) is 13.3. The number of allylic oxidation sites excluding steroid dienone is 2.